The summed E-state index contributed by atoms with van der Waals surface area (Å²) in [5, 5.41) is 1.10. The summed E-state index contributed by atoms with van der Waals surface area (Å²) in [6, 6.07) is 94.1. The van der Waals surface area contributed by atoms with Crippen molar-refractivity contribution in [3.63, 3.8) is 0 Å². The summed E-state index contributed by atoms with van der Waals surface area (Å²) in [4.78, 5) is 2.47. The Morgan fingerprint density at radius 1 is 0.288 bits per heavy atom. The Kier molecular flexibility index (Phi) is 8.69. The van der Waals surface area contributed by atoms with Crippen molar-refractivity contribution in [3.8, 4) is 33.4 Å². The van der Waals surface area contributed by atoms with Crippen LogP contribution in [-0.4, -0.2) is 0 Å². The Hall–Kier alpha value is -8.46. The predicted octanol–water partition coefficient (Wildman–Crippen LogP) is 16.3. The lowest BCUT2D eigenvalue weighted by molar-refractivity contribution is 0.616. The molecular weight excluding hydrogens is 799 g/mol. The van der Waals surface area contributed by atoms with Gasteiger partial charge in [0.2, 0.25) is 0 Å². The van der Waals surface area contributed by atoms with Gasteiger partial charge in [-0.05, 0) is 126 Å². The van der Waals surface area contributed by atoms with Crippen LogP contribution in [0.2, 0.25) is 0 Å². The average Bonchev–Trinajstić information content (AvgIpc) is 4.08. The second-order valence-corrected chi connectivity index (χ2v) is 17.6. The average molecular weight is 842 g/mol. The number of fused-ring (bicyclic) bond motifs is 7. The molecule has 0 fully saturated rings. The van der Waals surface area contributed by atoms with Crippen LogP contribution in [0.5, 0.6) is 0 Å². The molecule has 10 aromatic carbocycles. The highest BCUT2D eigenvalue weighted by molar-refractivity contribution is 5.93. The summed E-state index contributed by atoms with van der Waals surface area (Å²) in [6.45, 7) is 0. The van der Waals surface area contributed by atoms with E-state index in [9.17, 15) is 0 Å². The molecule has 0 unspecified atom stereocenters. The molecule has 0 saturated heterocycles. The largest absolute Gasteiger partial charge is 0.464 e. The van der Waals surface area contributed by atoms with E-state index in [0.29, 0.717) is 0 Å². The molecule has 0 radical (unpaired) electrons. The minimum atomic E-state index is -0.542. The number of rotatable bonds is 8. The van der Waals surface area contributed by atoms with Crippen LogP contribution >= 0.6 is 0 Å². The van der Waals surface area contributed by atoms with Crippen LogP contribution in [0, 0.1) is 0 Å². The maximum Gasteiger partial charge on any atom is 0.134 e. The van der Waals surface area contributed by atoms with E-state index in [1.165, 1.54) is 66.8 Å². The summed E-state index contributed by atoms with van der Waals surface area (Å²) in [5.41, 5.74) is 20.4. The molecule has 0 N–H and O–H groups in total. The van der Waals surface area contributed by atoms with Crippen molar-refractivity contribution in [2.24, 2.45) is 0 Å². The third-order valence-corrected chi connectivity index (χ3v) is 14.3. The zero-order chi connectivity index (χ0) is 43.7. The Morgan fingerprint density at radius 2 is 0.682 bits per heavy atom. The van der Waals surface area contributed by atoms with Gasteiger partial charge in [-0.25, -0.2) is 0 Å². The van der Waals surface area contributed by atoms with E-state index in [2.05, 4.69) is 254 Å². The first-order valence-electron chi connectivity index (χ1n) is 22.8. The van der Waals surface area contributed by atoms with Crippen LogP contribution in [-0.2, 0) is 10.8 Å². The number of nitrogens with zero attached hydrogens (tertiary/aromatic N) is 1. The molecule has 1 aromatic heterocycles. The molecule has 2 nitrogen and oxygen atoms in total. The van der Waals surface area contributed by atoms with Gasteiger partial charge in [-0.3, -0.25) is 0 Å². The van der Waals surface area contributed by atoms with E-state index in [0.717, 1.165) is 39.2 Å². The van der Waals surface area contributed by atoms with E-state index in [4.69, 9.17) is 4.42 Å². The number of hydrogen-bond donors (Lipinski definition) is 0. The van der Waals surface area contributed by atoms with Crippen molar-refractivity contribution < 1.29 is 4.42 Å². The lowest BCUT2D eigenvalue weighted by atomic mass is 9.67. The molecule has 13 rings (SSSR count). The highest BCUT2D eigenvalue weighted by Crippen LogP contribution is 2.59. The molecule has 0 bridgehead atoms. The lowest BCUT2D eigenvalue weighted by Gasteiger charge is -2.36. The lowest BCUT2D eigenvalue weighted by Crippen LogP contribution is -2.29. The standard InChI is InChI=1S/C64H43NO/c1-5-17-47(18-6-1)63(48-19-7-2-8-20-48)58-27-15-13-25-54(58)56-37-35-52(42-60(56)63)65(51-33-31-44(32-34-51)46-30-29-45-39-40-66-62(45)41-46)53-36-38-57-55-26-14-16-28-59(55)64(61(57)43-53,49-21-9-3-10-22-49)50-23-11-4-12-24-50/h1-43H. The molecule has 0 aliphatic heterocycles. The fourth-order valence-corrected chi connectivity index (χ4v) is 11.5. The topological polar surface area (TPSA) is 16.4 Å². The molecule has 0 spiro atoms. The van der Waals surface area contributed by atoms with Gasteiger partial charge in [0.05, 0.1) is 17.1 Å². The SMILES string of the molecule is c1ccc(C2(c3ccccc3)c3ccccc3-c3ccc(N(c4ccc(-c5ccc6ccoc6c5)cc4)c4ccc5c(c4)C(c4ccccc4)(c4ccccc4)c4ccccc4-5)cc32)cc1. The molecule has 66 heavy (non-hydrogen) atoms. The van der Waals surface area contributed by atoms with Crippen LogP contribution in [0.1, 0.15) is 44.5 Å². The van der Waals surface area contributed by atoms with E-state index in [1.807, 2.05) is 6.07 Å². The van der Waals surface area contributed by atoms with Gasteiger partial charge in [-0.1, -0.05) is 206 Å². The molecule has 1 heterocycles. The quantitative estimate of drug-likeness (QED) is 0.152. The first-order valence-corrected chi connectivity index (χ1v) is 22.8. The molecular formula is C64H43NO. The van der Waals surface area contributed by atoms with Crippen LogP contribution in [0.3, 0.4) is 0 Å². The van der Waals surface area contributed by atoms with Gasteiger partial charge in [0.1, 0.15) is 5.58 Å². The Balaban J connectivity index is 1.07. The third kappa shape index (κ3) is 5.55. The first kappa shape index (κ1) is 38.0. The van der Waals surface area contributed by atoms with Gasteiger partial charge in [-0.2, -0.15) is 0 Å². The molecule has 0 amide bonds. The van der Waals surface area contributed by atoms with Gasteiger partial charge in [-0.15, -0.1) is 0 Å². The highest BCUT2D eigenvalue weighted by atomic mass is 16.3. The van der Waals surface area contributed by atoms with Crippen molar-refractivity contribution in [1.82, 2.24) is 0 Å². The van der Waals surface area contributed by atoms with E-state index in [1.54, 1.807) is 6.26 Å². The van der Waals surface area contributed by atoms with Crippen molar-refractivity contribution in [2.75, 3.05) is 4.90 Å². The van der Waals surface area contributed by atoms with Crippen molar-refractivity contribution in [1.29, 1.82) is 0 Å². The number of furan rings is 1. The molecule has 0 saturated carbocycles. The van der Waals surface area contributed by atoms with Crippen molar-refractivity contribution >= 4 is 28.0 Å². The highest BCUT2D eigenvalue weighted by Gasteiger charge is 2.48. The molecule has 0 atom stereocenters. The van der Waals surface area contributed by atoms with E-state index >= 15 is 0 Å². The van der Waals surface area contributed by atoms with Gasteiger partial charge >= 0.3 is 0 Å². The Morgan fingerprint density at radius 3 is 1.15 bits per heavy atom. The van der Waals surface area contributed by atoms with Gasteiger partial charge < -0.3 is 9.32 Å². The van der Waals surface area contributed by atoms with Gasteiger partial charge in [0.15, 0.2) is 0 Å². The minimum Gasteiger partial charge on any atom is -0.464 e. The number of anilines is 3. The second-order valence-electron chi connectivity index (χ2n) is 17.6. The smallest absolute Gasteiger partial charge is 0.134 e. The zero-order valence-electron chi connectivity index (χ0n) is 36.2. The zero-order valence-corrected chi connectivity index (χ0v) is 36.2. The van der Waals surface area contributed by atoms with Crippen molar-refractivity contribution in [2.45, 2.75) is 10.8 Å². The Bertz CT molecular complexity index is 3310. The van der Waals surface area contributed by atoms with E-state index < -0.39 is 10.8 Å². The summed E-state index contributed by atoms with van der Waals surface area (Å²) in [5.74, 6) is 0. The maximum absolute atomic E-state index is 5.83. The molecule has 2 heteroatoms. The van der Waals surface area contributed by atoms with Gasteiger partial charge in [0, 0.05) is 22.4 Å². The molecule has 310 valence electrons. The fourth-order valence-electron chi connectivity index (χ4n) is 11.5. The fraction of sp³-hybridized carbons (Fsp3) is 0.0312. The van der Waals surface area contributed by atoms with Crippen LogP contribution in [0.15, 0.2) is 265 Å². The molecule has 2 aliphatic carbocycles. The van der Waals surface area contributed by atoms with Crippen LogP contribution in [0.25, 0.3) is 44.3 Å². The molecule has 2 aliphatic rings. The van der Waals surface area contributed by atoms with Crippen LogP contribution < -0.4 is 4.90 Å². The normalized spacial score (nSPS) is 13.7. The summed E-state index contributed by atoms with van der Waals surface area (Å²) in [6.07, 6.45) is 1.76. The Labute approximate surface area is 385 Å². The number of hydrogen-bond acceptors (Lipinski definition) is 2. The van der Waals surface area contributed by atoms with E-state index in [-0.39, 0.29) is 0 Å². The second kappa shape index (κ2) is 15.1. The molecule has 11 aromatic rings. The summed E-state index contributed by atoms with van der Waals surface area (Å²) in [7, 11) is 0. The number of benzene rings is 10. The minimum absolute atomic E-state index is 0.542. The van der Waals surface area contributed by atoms with Crippen LogP contribution in [0.4, 0.5) is 17.1 Å². The van der Waals surface area contributed by atoms with Crippen molar-refractivity contribution in [3.05, 3.63) is 306 Å². The van der Waals surface area contributed by atoms with Gasteiger partial charge in [0.25, 0.3) is 0 Å². The summed E-state index contributed by atoms with van der Waals surface area (Å²) >= 11 is 0. The third-order valence-electron chi connectivity index (χ3n) is 14.3. The monoisotopic (exact) mass is 841 g/mol. The first-order chi connectivity index (χ1) is 32.7. The summed E-state index contributed by atoms with van der Waals surface area (Å²) < 4.78 is 5.83. The maximum atomic E-state index is 5.83. The predicted molar refractivity (Wildman–Crippen MR) is 271 cm³/mol.